The second kappa shape index (κ2) is 6.04. The van der Waals surface area contributed by atoms with E-state index in [-0.39, 0.29) is 17.5 Å². The molecule has 8 heteroatoms. The minimum atomic E-state index is -3.02. The van der Waals surface area contributed by atoms with E-state index in [0.717, 1.165) is 11.0 Å². The van der Waals surface area contributed by atoms with Crippen molar-refractivity contribution in [1.29, 1.82) is 0 Å². The summed E-state index contributed by atoms with van der Waals surface area (Å²) in [5.74, 6) is 0.654. The summed E-state index contributed by atoms with van der Waals surface area (Å²) >= 11 is 0. The number of rotatable bonds is 3. The Kier molecular flexibility index (Phi) is 4.08. The molecular formula is C15H17N3O4S. The molecule has 1 aromatic carbocycles. The molecule has 23 heavy (non-hydrogen) atoms. The number of hydrogen-bond acceptors (Lipinski definition) is 5. The van der Waals surface area contributed by atoms with Crippen LogP contribution < -0.4 is 10.7 Å². The zero-order valence-corrected chi connectivity index (χ0v) is 13.4. The van der Waals surface area contributed by atoms with Crippen LogP contribution in [0, 0.1) is 0 Å². The lowest BCUT2D eigenvalue weighted by atomic mass is 10.2. The Hall–Kier alpha value is -2.35. The molecule has 2 N–H and O–H groups in total. The van der Waals surface area contributed by atoms with Gasteiger partial charge in [0.05, 0.1) is 11.5 Å². The van der Waals surface area contributed by atoms with Crippen molar-refractivity contribution in [2.75, 3.05) is 11.5 Å². The van der Waals surface area contributed by atoms with Gasteiger partial charge in [0.2, 0.25) is 0 Å². The number of benzene rings is 1. The molecule has 0 saturated carbocycles. The first-order chi connectivity index (χ1) is 10.9. The molecule has 0 bridgehead atoms. The molecule has 1 aromatic heterocycles. The van der Waals surface area contributed by atoms with E-state index in [9.17, 15) is 13.2 Å². The lowest BCUT2D eigenvalue weighted by molar-refractivity contribution is 0.238. The Balaban J connectivity index is 1.61. The topological polar surface area (TPSA) is 101 Å². The SMILES string of the molecule is CC(=NNC(=O)N[C@H]1CCS(=O)(=O)C1)c1cc2ccccc2o1. The van der Waals surface area contributed by atoms with Crippen LogP contribution in [0.4, 0.5) is 4.79 Å². The van der Waals surface area contributed by atoms with Gasteiger partial charge in [-0.1, -0.05) is 18.2 Å². The second-order valence-corrected chi connectivity index (χ2v) is 7.76. The van der Waals surface area contributed by atoms with Crippen molar-refractivity contribution >= 4 is 32.5 Å². The highest BCUT2D eigenvalue weighted by atomic mass is 32.2. The van der Waals surface area contributed by atoms with Gasteiger partial charge in [0.15, 0.2) is 15.6 Å². The summed E-state index contributed by atoms with van der Waals surface area (Å²) in [4.78, 5) is 11.8. The number of amides is 2. The molecule has 2 amide bonds. The molecule has 0 radical (unpaired) electrons. The summed E-state index contributed by atoms with van der Waals surface area (Å²) in [6.07, 6.45) is 0.433. The largest absolute Gasteiger partial charge is 0.455 e. The van der Waals surface area contributed by atoms with Crippen LogP contribution in [-0.2, 0) is 9.84 Å². The molecule has 1 aliphatic rings. The van der Waals surface area contributed by atoms with E-state index in [1.807, 2.05) is 30.3 Å². The van der Waals surface area contributed by atoms with Gasteiger partial charge in [-0.15, -0.1) is 0 Å². The van der Waals surface area contributed by atoms with Gasteiger partial charge in [0, 0.05) is 11.4 Å². The Morgan fingerprint density at radius 1 is 1.35 bits per heavy atom. The Bertz CT molecular complexity index is 837. The molecule has 7 nitrogen and oxygen atoms in total. The Morgan fingerprint density at radius 2 is 2.13 bits per heavy atom. The predicted molar refractivity (Wildman–Crippen MR) is 87.2 cm³/mol. The standard InChI is InChI=1S/C15H17N3O4S/c1-10(14-8-11-4-2-3-5-13(11)22-14)17-18-15(19)16-12-6-7-23(20,21)9-12/h2-5,8,12H,6-7,9H2,1H3,(H2,16,18,19)/t12-/m0/s1. The van der Waals surface area contributed by atoms with Gasteiger partial charge in [-0.2, -0.15) is 5.10 Å². The highest BCUT2D eigenvalue weighted by molar-refractivity contribution is 7.91. The van der Waals surface area contributed by atoms with Crippen molar-refractivity contribution in [2.24, 2.45) is 5.10 Å². The fourth-order valence-corrected chi connectivity index (χ4v) is 4.15. The molecule has 1 saturated heterocycles. The third-order valence-corrected chi connectivity index (χ3v) is 5.44. The Labute approximate surface area is 133 Å². The minimum Gasteiger partial charge on any atom is -0.455 e. The van der Waals surface area contributed by atoms with E-state index >= 15 is 0 Å². The van der Waals surface area contributed by atoms with Crippen LogP contribution in [0.15, 0.2) is 39.9 Å². The number of carbonyl (C=O) groups excluding carboxylic acids is 1. The van der Waals surface area contributed by atoms with Gasteiger partial charge in [-0.3, -0.25) is 0 Å². The first kappa shape index (κ1) is 15.5. The minimum absolute atomic E-state index is 0.0211. The quantitative estimate of drug-likeness (QED) is 0.658. The summed E-state index contributed by atoms with van der Waals surface area (Å²) in [6.45, 7) is 1.72. The zero-order chi connectivity index (χ0) is 16.4. The van der Waals surface area contributed by atoms with Gasteiger partial charge >= 0.3 is 6.03 Å². The highest BCUT2D eigenvalue weighted by Crippen LogP contribution is 2.19. The van der Waals surface area contributed by atoms with Crippen LogP contribution in [0.2, 0.25) is 0 Å². The van der Waals surface area contributed by atoms with Crippen LogP contribution in [0.3, 0.4) is 0 Å². The molecule has 2 aromatic rings. The average molecular weight is 335 g/mol. The number of nitrogens with one attached hydrogen (secondary N) is 2. The molecule has 0 spiro atoms. The zero-order valence-electron chi connectivity index (χ0n) is 12.6. The van der Waals surface area contributed by atoms with Crippen molar-refractivity contribution in [3.05, 3.63) is 36.1 Å². The normalized spacial score (nSPS) is 20.6. The van der Waals surface area contributed by atoms with Gasteiger partial charge in [0.1, 0.15) is 11.3 Å². The first-order valence-electron chi connectivity index (χ1n) is 7.23. The number of carbonyl (C=O) groups is 1. The molecule has 1 atom stereocenters. The lowest BCUT2D eigenvalue weighted by Crippen LogP contribution is -2.41. The second-order valence-electron chi connectivity index (χ2n) is 5.53. The van der Waals surface area contributed by atoms with Crippen LogP contribution in [-0.4, -0.2) is 37.7 Å². The Morgan fingerprint density at radius 3 is 2.83 bits per heavy atom. The van der Waals surface area contributed by atoms with Gasteiger partial charge < -0.3 is 9.73 Å². The van der Waals surface area contributed by atoms with E-state index in [4.69, 9.17) is 4.42 Å². The maximum absolute atomic E-state index is 11.8. The molecule has 0 unspecified atom stereocenters. The molecule has 122 valence electrons. The first-order valence-corrected chi connectivity index (χ1v) is 9.05. The fraction of sp³-hybridized carbons (Fsp3) is 0.333. The molecular weight excluding hydrogens is 318 g/mol. The number of hydrazone groups is 1. The fourth-order valence-electron chi connectivity index (χ4n) is 2.48. The van der Waals surface area contributed by atoms with Crippen LogP contribution >= 0.6 is 0 Å². The van der Waals surface area contributed by atoms with Gasteiger partial charge in [-0.05, 0) is 25.5 Å². The summed E-state index contributed by atoms with van der Waals surface area (Å²) in [6, 6.07) is 8.53. The maximum atomic E-state index is 11.8. The number of urea groups is 1. The summed E-state index contributed by atoms with van der Waals surface area (Å²) in [5, 5.41) is 7.54. The number of hydrogen-bond donors (Lipinski definition) is 2. The number of furan rings is 1. The van der Waals surface area contributed by atoms with Crippen molar-refractivity contribution in [3.8, 4) is 0 Å². The van der Waals surface area contributed by atoms with E-state index < -0.39 is 15.9 Å². The van der Waals surface area contributed by atoms with E-state index in [0.29, 0.717) is 17.9 Å². The smallest absolute Gasteiger partial charge is 0.335 e. The summed E-state index contributed by atoms with van der Waals surface area (Å²) in [7, 11) is -3.02. The maximum Gasteiger partial charge on any atom is 0.335 e. The number of fused-ring (bicyclic) bond motifs is 1. The molecule has 1 fully saturated rings. The third-order valence-electron chi connectivity index (χ3n) is 3.67. The summed E-state index contributed by atoms with van der Waals surface area (Å²) in [5.41, 5.74) is 3.63. The highest BCUT2D eigenvalue weighted by Gasteiger charge is 2.28. The van der Waals surface area contributed by atoms with Gasteiger partial charge in [0.25, 0.3) is 0 Å². The molecule has 3 rings (SSSR count). The molecule has 1 aliphatic heterocycles. The van der Waals surface area contributed by atoms with Crippen molar-refractivity contribution in [1.82, 2.24) is 10.7 Å². The van der Waals surface area contributed by atoms with Gasteiger partial charge in [-0.25, -0.2) is 18.6 Å². The van der Waals surface area contributed by atoms with Crippen molar-refractivity contribution in [3.63, 3.8) is 0 Å². The molecule has 0 aliphatic carbocycles. The van der Waals surface area contributed by atoms with Crippen molar-refractivity contribution < 1.29 is 17.6 Å². The van der Waals surface area contributed by atoms with Crippen LogP contribution in [0.25, 0.3) is 11.0 Å². The van der Waals surface area contributed by atoms with Crippen LogP contribution in [0.1, 0.15) is 19.1 Å². The lowest BCUT2D eigenvalue weighted by Gasteiger charge is -2.09. The third kappa shape index (κ3) is 3.70. The summed E-state index contributed by atoms with van der Waals surface area (Å²) < 4.78 is 28.3. The van der Waals surface area contributed by atoms with E-state index in [2.05, 4.69) is 15.8 Å². The van der Waals surface area contributed by atoms with Crippen LogP contribution in [0.5, 0.6) is 0 Å². The van der Waals surface area contributed by atoms with Crippen molar-refractivity contribution in [2.45, 2.75) is 19.4 Å². The average Bonchev–Trinajstić information content (AvgIpc) is 3.07. The monoisotopic (exact) mass is 335 g/mol. The number of para-hydroxylation sites is 1. The molecule has 2 heterocycles. The van der Waals surface area contributed by atoms with E-state index in [1.54, 1.807) is 6.92 Å². The number of sulfone groups is 1. The van der Waals surface area contributed by atoms with E-state index in [1.165, 1.54) is 0 Å². The number of nitrogens with zero attached hydrogens (tertiary/aromatic N) is 1. The predicted octanol–water partition coefficient (Wildman–Crippen LogP) is 1.64.